The van der Waals surface area contributed by atoms with Gasteiger partial charge in [0.1, 0.15) is 6.04 Å². The lowest BCUT2D eigenvalue weighted by molar-refractivity contribution is -0.141. The van der Waals surface area contributed by atoms with Crippen LogP contribution in [0.2, 0.25) is 0 Å². The van der Waals surface area contributed by atoms with E-state index in [0.717, 1.165) is 12.2 Å². The zero-order valence-corrected chi connectivity index (χ0v) is 7.82. The van der Waals surface area contributed by atoms with Gasteiger partial charge in [0.25, 0.3) is 0 Å². The molecule has 0 aromatic heterocycles. The first-order chi connectivity index (χ1) is 5.22. The van der Waals surface area contributed by atoms with Crippen molar-refractivity contribution >= 4 is 17.7 Å². The number of hydrogen-bond acceptors (Lipinski definition) is 4. The van der Waals surface area contributed by atoms with Crippen LogP contribution in [0.25, 0.3) is 0 Å². The standard InChI is InChI=1S/C7H15NO2S/c1-3-4-11-5-6(8)7(9)10-2/h6H,3-5,8H2,1-2H3/t6-/m1/s1. The van der Waals surface area contributed by atoms with Crippen molar-refractivity contribution < 1.29 is 9.53 Å². The van der Waals surface area contributed by atoms with Gasteiger partial charge in [-0.3, -0.25) is 4.79 Å². The third kappa shape index (κ3) is 5.09. The number of thioether (sulfide) groups is 1. The first-order valence-corrected chi connectivity index (χ1v) is 4.79. The summed E-state index contributed by atoms with van der Waals surface area (Å²) in [7, 11) is 1.35. The van der Waals surface area contributed by atoms with Crippen molar-refractivity contribution in [2.24, 2.45) is 5.73 Å². The maximum Gasteiger partial charge on any atom is 0.323 e. The second kappa shape index (κ2) is 6.49. The molecule has 0 radical (unpaired) electrons. The van der Waals surface area contributed by atoms with Crippen LogP contribution in [0.3, 0.4) is 0 Å². The van der Waals surface area contributed by atoms with E-state index >= 15 is 0 Å². The molecule has 0 rings (SSSR count). The molecular weight excluding hydrogens is 162 g/mol. The minimum Gasteiger partial charge on any atom is -0.468 e. The van der Waals surface area contributed by atoms with Gasteiger partial charge in [0, 0.05) is 5.75 Å². The van der Waals surface area contributed by atoms with Crippen molar-refractivity contribution in [3.05, 3.63) is 0 Å². The molecule has 0 aliphatic rings. The topological polar surface area (TPSA) is 52.3 Å². The molecule has 0 fully saturated rings. The Balaban J connectivity index is 3.36. The number of carbonyl (C=O) groups excluding carboxylic acids is 1. The zero-order chi connectivity index (χ0) is 8.69. The highest BCUT2D eigenvalue weighted by atomic mass is 32.2. The number of nitrogens with two attached hydrogens (primary N) is 1. The number of esters is 1. The van der Waals surface area contributed by atoms with Crippen LogP contribution >= 0.6 is 11.8 Å². The van der Waals surface area contributed by atoms with Crippen LogP contribution in [0.1, 0.15) is 13.3 Å². The lowest BCUT2D eigenvalue weighted by Crippen LogP contribution is -2.33. The number of ether oxygens (including phenoxy) is 1. The van der Waals surface area contributed by atoms with E-state index in [-0.39, 0.29) is 5.97 Å². The first-order valence-electron chi connectivity index (χ1n) is 3.63. The van der Waals surface area contributed by atoms with Gasteiger partial charge in [-0.2, -0.15) is 11.8 Å². The highest BCUT2D eigenvalue weighted by molar-refractivity contribution is 7.99. The van der Waals surface area contributed by atoms with E-state index < -0.39 is 6.04 Å². The second-order valence-electron chi connectivity index (χ2n) is 2.20. The Morgan fingerprint density at radius 1 is 1.73 bits per heavy atom. The van der Waals surface area contributed by atoms with Crippen molar-refractivity contribution in [2.75, 3.05) is 18.6 Å². The van der Waals surface area contributed by atoms with Crippen molar-refractivity contribution in [3.63, 3.8) is 0 Å². The summed E-state index contributed by atoms with van der Waals surface area (Å²) in [5.74, 6) is 1.37. The molecule has 0 bridgehead atoms. The maximum atomic E-state index is 10.7. The molecule has 66 valence electrons. The van der Waals surface area contributed by atoms with E-state index in [1.807, 2.05) is 0 Å². The van der Waals surface area contributed by atoms with Gasteiger partial charge in [-0.15, -0.1) is 0 Å². The third-order valence-corrected chi connectivity index (χ3v) is 2.44. The molecule has 1 atom stereocenters. The SMILES string of the molecule is CCCSC[C@@H](N)C(=O)OC. The Labute approximate surface area is 71.7 Å². The highest BCUT2D eigenvalue weighted by Crippen LogP contribution is 2.03. The fourth-order valence-electron chi connectivity index (χ4n) is 0.574. The molecule has 0 aromatic carbocycles. The number of hydrogen-bond donors (Lipinski definition) is 1. The van der Waals surface area contributed by atoms with Gasteiger partial charge < -0.3 is 10.5 Å². The largest absolute Gasteiger partial charge is 0.468 e. The third-order valence-electron chi connectivity index (χ3n) is 1.15. The Morgan fingerprint density at radius 3 is 2.82 bits per heavy atom. The van der Waals surface area contributed by atoms with Crippen molar-refractivity contribution in [1.29, 1.82) is 0 Å². The summed E-state index contributed by atoms with van der Waals surface area (Å²) >= 11 is 1.68. The van der Waals surface area contributed by atoms with Crippen LogP contribution in [0.4, 0.5) is 0 Å². The highest BCUT2D eigenvalue weighted by Gasteiger charge is 2.12. The molecule has 11 heavy (non-hydrogen) atoms. The second-order valence-corrected chi connectivity index (χ2v) is 3.35. The number of rotatable bonds is 5. The van der Waals surface area contributed by atoms with Crippen molar-refractivity contribution in [1.82, 2.24) is 0 Å². The fourth-order valence-corrected chi connectivity index (χ4v) is 1.42. The Morgan fingerprint density at radius 2 is 2.36 bits per heavy atom. The van der Waals surface area contributed by atoms with Gasteiger partial charge in [-0.05, 0) is 12.2 Å². The summed E-state index contributed by atoms with van der Waals surface area (Å²) in [4.78, 5) is 10.7. The predicted octanol–water partition coefficient (Wildman–Crippen LogP) is 0.630. The molecular formula is C7H15NO2S. The smallest absolute Gasteiger partial charge is 0.323 e. The minimum absolute atomic E-state index is 0.325. The molecule has 0 spiro atoms. The summed E-state index contributed by atoms with van der Waals surface area (Å²) in [6.45, 7) is 2.09. The minimum atomic E-state index is -0.462. The Bertz CT molecular complexity index is 119. The van der Waals surface area contributed by atoms with Crippen LogP contribution in [0.5, 0.6) is 0 Å². The number of carbonyl (C=O) groups is 1. The molecule has 0 aliphatic carbocycles. The summed E-state index contributed by atoms with van der Waals surface area (Å²) < 4.78 is 4.47. The van der Waals surface area contributed by atoms with E-state index in [4.69, 9.17) is 5.73 Å². The van der Waals surface area contributed by atoms with E-state index in [0.29, 0.717) is 5.75 Å². The van der Waals surface area contributed by atoms with E-state index in [1.54, 1.807) is 11.8 Å². The molecule has 0 aromatic rings. The van der Waals surface area contributed by atoms with Gasteiger partial charge >= 0.3 is 5.97 Å². The lowest BCUT2D eigenvalue weighted by Gasteiger charge is -2.07. The molecule has 0 heterocycles. The molecule has 2 N–H and O–H groups in total. The summed E-state index contributed by atoms with van der Waals surface area (Å²) in [6, 6.07) is -0.462. The van der Waals surface area contributed by atoms with E-state index in [2.05, 4.69) is 11.7 Å². The van der Waals surface area contributed by atoms with Crippen LogP contribution in [0.15, 0.2) is 0 Å². The average molecular weight is 177 g/mol. The average Bonchev–Trinajstić information content (AvgIpc) is 2.03. The maximum absolute atomic E-state index is 10.7. The Kier molecular flexibility index (Phi) is 6.36. The molecule has 0 saturated heterocycles. The van der Waals surface area contributed by atoms with E-state index in [9.17, 15) is 4.79 Å². The summed E-state index contributed by atoms with van der Waals surface area (Å²) in [6.07, 6.45) is 1.11. The molecule has 0 aliphatic heterocycles. The normalized spacial score (nSPS) is 12.6. The quantitative estimate of drug-likeness (QED) is 0.494. The van der Waals surface area contributed by atoms with Gasteiger partial charge in [-0.25, -0.2) is 0 Å². The molecule has 4 heteroatoms. The lowest BCUT2D eigenvalue weighted by atomic mass is 10.4. The van der Waals surface area contributed by atoms with Crippen LogP contribution in [0, 0.1) is 0 Å². The predicted molar refractivity (Wildman–Crippen MR) is 47.6 cm³/mol. The molecule has 0 amide bonds. The fraction of sp³-hybridized carbons (Fsp3) is 0.857. The van der Waals surface area contributed by atoms with Crippen LogP contribution < -0.4 is 5.73 Å². The van der Waals surface area contributed by atoms with Gasteiger partial charge in [0.2, 0.25) is 0 Å². The Hall–Kier alpha value is -0.220. The zero-order valence-electron chi connectivity index (χ0n) is 7.00. The summed E-state index contributed by atoms with van der Waals surface area (Å²) in [5, 5.41) is 0. The van der Waals surface area contributed by atoms with Gasteiger partial charge in [0.05, 0.1) is 7.11 Å². The van der Waals surface area contributed by atoms with Gasteiger partial charge in [-0.1, -0.05) is 6.92 Å². The number of methoxy groups -OCH3 is 1. The molecule has 0 unspecified atom stereocenters. The molecule has 3 nitrogen and oxygen atoms in total. The van der Waals surface area contributed by atoms with Crippen molar-refractivity contribution in [3.8, 4) is 0 Å². The van der Waals surface area contributed by atoms with Crippen LogP contribution in [-0.2, 0) is 9.53 Å². The van der Waals surface area contributed by atoms with Crippen LogP contribution in [-0.4, -0.2) is 30.6 Å². The molecule has 0 saturated carbocycles. The first kappa shape index (κ1) is 10.8. The monoisotopic (exact) mass is 177 g/mol. The van der Waals surface area contributed by atoms with Crippen molar-refractivity contribution in [2.45, 2.75) is 19.4 Å². The van der Waals surface area contributed by atoms with Gasteiger partial charge in [0.15, 0.2) is 0 Å². The van der Waals surface area contributed by atoms with E-state index in [1.165, 1.54) is 7.11 Å². The summed E-state index contributed by atoms with van der Waals surface area (Å²) in [5.41, 5.74) is 5.47.